The van der Waals surface area contributed by atoms with E-state index >= 15 is 0 Å². The highest BCUT2D eigenvalue weighted by Crippen LogP contribution is 2.43. The van der Waals surface area contributed by atoms with Crippen LogP contribution in [0.1, 0.15) is 44.6 Å². The van der Waals surface area contributed by atoms with Crippen molar-refractivity contribution in [3.8, 4) is 0 Å². The van der Waals surface area contributed by atoms with Gasteiger partial charge in [-0.2, -0.15) is 0 Å². The zero-order valence-electron chi connectivity index (χ0n) is 12.7. The second kappa shape index (κ2) is 6.66. The fourth-order valence-corrected chi connectivity index (χ4v) is 4.66. The molecule has 0 saturated carbocycles. The molecule has 0 aromatic carbocycles. The quantitative estimate of drug-likeness (QED) is 0.585. The highest BCUT2D eigenvalue weighted by Gasteiger charge is 2.64. The fourth-order valence-electron chi connectivity index (χ4n) is 4.66. The van der Waals surface area contributed by atoms with Gasteiger partial charge in [0.15, 0.2) is 0 Å². The van der Waals surface area contributed by atoms with Crippen LogP contribution >= 0.6 is 0 Å². The molecule has 1 unspecified atom stereocenters. The molecule has 0 fully saturated rings. The van der Waals surface area contributed by atoms with Crippen LogP contribution in [0.3, 0.4) is 0 Å². The minimum absolute atomic E-state index is 0. The lowest BCUT2D eigenvalue weighted by molar-refractivity contribution is -0.791. The molecule has 162 valence electrons. The lowest BCUT2D eigenvalue weighted by Crippen LogP contribution is -2.71. The second-order valence-corrected chi connectivity index (χ2v) is 6.59. The van der Waals surface area contributed by atoms with E-state index in [0.717, 1.165) is 46.0 Å². The van der Waals surface area contributed by atoms with Gasteiger partial charge in [-0.05, 0) is 12.1 Å². The molecule has 0 amide bonds. The third-order valence-corrected chi connectivity index (χ3v) is 5.48. The molecule has 2 aromatic rings. The van der Waals surface area contributed by atoms with E-state index in [2.05, 4.69) is 18.3 Å². The maximum atomic E-state index is 4.82. The fraction of sp³-hybridized carbons (Fsp3) is 0.304. The number of hydrogen-bond donors (Lipinski definition) is 0. The van der Waals surface area contributed by atoms with Crippen LogP contribution in [0.25, 0.3) is 0 Å². The minimum atomic E-state index is -0.683. The normalized spacial score (nSPS) is 21.8. The first-order valence-corrected chi connectivity index (χ1v) is 8.11. The van der Waals surface area contributed by atoms with Crippen LogP contribution in [0.15, 0.2) is 68.5 Å². The third kappa shape index (κ3) is 2.00. The van der Waals surface area contributed by atoms with Gasteiger partial charge in [0.05, 0.1) is 0 Å². The van der Waals surface area contributed by atoms with E-state index in [1.54, 1.807) is 0 Å². The Morgan fingerprint density at radius 3 is 1.71 bits per heavy atom. The lowest BCUT2D eigenvalue weighted by Gasteiger charge is -2.41. The highest BCUT2D eigenvalue weighted by atomic mass is 15.7. The Bertz CT molecular complexity index is 1430. The van der Waals surface area contributed by atoms with Crippen molar-refractivity contribution >= 4 is 35.0 Å². The van der Waals surface area contributed by atoms with Crippen LogP contribution in [0.5, 0.6) is 0 Å². The number of nitrogens with zero attached hydrogens (tertiary/aromatic N) is 8. The summed E-state index contributed by atoms with van der Waals surface area (Å²) in [6.07, 6.45) is 8.10. The van der Waals surface area contributed by atoms with Gasteiger partial charge in [-0.25, -0.2) is 14.1 Å². The summed E-state index contributed by atoms with van der Waals surface area (Å²) in [4.78, 5) is 19.3. The summed E-state index contributed by atoms with van der Waals surface area (Å²) < 4.78 is 8.71. The Labute approximate surface area is 183 Å². The van der Waals surface area contributed by atoms with E-state index in [-0.39, 0.29) is 44.6 Å². The van der Waals surface area contributed by atoms with E-state index in [9.17, 15) is 0 Å². The summed E-state index contributed by atoms with van der Waals surface area (Å²) in [5.41, 5.74) is 1.77. The summed E-state index contributed by atoms with van der Waals surface area (Å²) in [6.45, 7) is 0. The monoisotopic (exact) mass is 420 g/mol. The summed E-state index contributed by atoms with van der Waals surface area (Å²) in [7, 11) is 0. The lowest BCUT2D eigenvalue weighted by atomic mass is 10.3. The van der Waals surface area contributed by atoms with Crippen molar-refractivity contribution in [2.75, 3.05) is 0 Å². The number of aliphatic imine (C=N–C) groups is 2. The van der Waals surface area contributed by atoms with Gasteiger partial charge in [0, 0.05) is 36.4 Å². The van der Waals surface area contributed by atoms with Crippen LogP contribution < -0.4 is 11.0 Å². The van der Waals surface area contributed by atoms with Crippen molar-refractivity contribution in [1.29, 1.82) is 0 Å². The van der Waals surface area contributed by atoms with E-state index in [1.807, 2.05) is 48.6 Å². The Balaban J connectivity index is 0.000000569. The van der Waals surface area contributed by atoms with Gasteiger partial charge in [-0.1, -0.05) is 59.5 Å². The van der Waals surface area contributed by atoms with Crippen molar-refractivity contribution in [3.63, 3.8) is 0 Å². The van der Waals surface area contributed by atoms with E-state index < -0.39 is 5.91 Å². The molecule has 6 aliphatic rings. The van der Waals surface area contributed by atoms with E-state index in [1.165, 1.54) is 0 Å². The smallest absolute Gasteiger partial charge is 0.212 e. The predicted octanol–water partition coefficient (Wildman–Crippen LogP) is 3.54. The van der Waals surface area contributed by atoms with Gasteiger partial charge < -0.3 is 0 Å². The molecule has 0 saturated heterocycles. The molecule has 2 aromatic heterocycles. The minimum Gasteiger partial charge on any atom is -0.212 e. The van der Waals surface area contributed by atoms with Crippen LogP contribution in [-0.2, 0) is 5.91 Å². The maximum Gasteiger partial charge on any atom is 0.402 e. The number of hydrogen-bond acceptors (Lipinski definition) is 4. The van der Waals surface area contributed by atoms with Crippen molar-refractivity contribution in [2.24, 2.45) is 20.0 Å². The van der Waals surface area contributed by atoms with E-state index in [4.69, 9.17) is 20.0 Å². The zero-order chi connectivity index (χ0) is 15.9. The molecule has 0 radical (unpaired) electrons. The SMILES string of the molecule is C.C.C.C.C.C.C1=CC2=[N+]3C1=NC1=[N+]4C(=Nc5ccc6n5C43n3c(ccc3=N6)=N2)C=C1. The summed E-state index contributed by atoms with van der Waals surface area (Å²) in [5, 5.41) is 0. The molecule has 1 spiro atoms. The molecule has 8 rings (SSSR count). The molecule has 8 heterocycles. The van der Waals surface area contributed by atoms with Crippen molar-refractivity contribution < 1.29 is 9.15 Å². The van der Waals surface area contributed by atoms with Gasteiger partial charge in [0.2, 0.25) is 11.3 Å². The predicted molar refractivity (Wildman–Crippen MR) is 128 cm³/mol. The van der Waals surface area contributed by atoms with Crippen molar-refractivity contribution in [2.45, 2.75) is 50.5 Å². The number of aromatic nitrogens is 2. The average Bonchev–Trinajstić information content (AvgIpc) is 3.38. The Morgan fingerprint density at radius 1 is 0.548 bits per heavy atom. The molecule has 0 aliphatic carbocycles. The molecule has 0 bridgehead atoms. The van der Waals surface area contributed by atoms with Gasteiger partial charge in [-0.15, -0.1) is 9.15 Å². The molecule has 1 atom stereocenters. The molecule has 31 heavy (non-hydrogen) atoms. The average molecular weight is 421 g/mol. The maximum absolute atomic E-state index is 4.82. The van der Waals surface area contributed by atoms with E-state index in [0.29, 0.717) is 0 Å². The van der Waals surface area contributed by atoms with Crippen LogP contribution in [-0.4, -0.2) is 41.6 Å². The van der Waals surface area contributed by atoms with Crippen molar-refractivity contribution in [1.82, 2.24) is 9.13 Å². The molecule has 0 N–H and O–H groups in total. The van der Waals surface area contributed by atoms with Gasteiger partial charge >= 0.3 is 5.91 Å². The molecule has 8 heteroatoms. The van der Waals surface area contributed by atoms with Crippen LogP contribution in [0.2, 0.25) is 0 Å². The zero-order valence-corrected chi connectivity index (χ0v) is 12.7. The number of rotatable bonds is 0. The third-order valence-electron chi connectivity index (χ3n) is 5.48. The second-order valence-electron chi connectivity index (χ2n) is 6.59. The first-order valence-electron chi connectivity index (χ1n) is 8.11. The first-order chi connectivity index (χ1) is 12.4. The van der Waals surface area contributed by atoms with Gasteiger partial charge in [0.1, 0.15) is 11.3 Å². The summed E-state index contributed by atoms with van der Waals surface area (Å²) in [6, 6.07) is 8.10. The van der Waals surface area contributed by atoms with Crippen LogP contribution in [0, 0.1) is 0 Å². The first kappa shape index (κ1) is 23.6. The summed E-state index contributed by atoms with van der Waals surface area (Å²) >= 11 is 0. The highest BCUT2D eigenvalue weighted by molar-refractivity contribution is 6.15. The van der Waals surface area contributed by atoms with Crippen molar-refractivity contribution in [3.05, 3.63) is 59.5 Å². The molecule has 6 aliphatic heterocycles. The van der Waals surface area contributed by atoms with Crippen LogP contribution in [0.4, 0.5) is 11.6 Å². The number of amidine groups is 4. The Hall–Kier alpha value is -3.68. The summed E-state index contributed by atoms with van der Waals surface area (Å²) in [5.74, 6) is 4.63. The van der Waals surface area contributed by atoms with Gasteiger partial charge in [0.25, 0.3) is 23.3 Å². The molecular weight excluding hydrogens is 388 g/mol. The molecular formula is C23H32N8+2. The largest absolute Gasteiger partial charge is 0.402 e. The topological polar surface area (TPSA) is 65.3 Å². The standard InChI is InChI=1S/C17H8N8.6CH4/c1-2-10-19-12-5-6-14-21-16-8-7-15-20-13-4-3-11-18-9(1)22(10)17(23(11)13,24(12)14)25(15)16;;;;;;/h1-8H;6*1H4/q+2;;;;;;. The molecule has 8 nitrogen and oxygen atoms in total. The Kier molecular flexibility index (Phi) is 5.07. The van der Waals surface area contributed by atoms with Gasteiger partial charge in [-0.3, -0.25) is 0 Å². The Morgan fingerprint density at radius 2 is 1.06 bits per heavy atom.